The van der Waals surface area contributed by atoms with Gasteiger partial charge in [0.1, 0.15) is 0 Å². The predicted molar refractivity (Wildman–Crippen MR) is 118 cm³/mol. The first-order chi connectivity index (χ1) is 14.5. The molecule has 7 heteroatoms. The van der Waals surface area contributed by atoms with Crippen LogP contribution < -0.4 is 9.80 Å². The van der Waals surface area contributed by atoms with Crippen molar-refractivity contribution in [2.75, 3.05) is 49.7 Å². The molecule has 0 spiro atoms. The smallest absolute Gasteiger partial charge is 0.253 e. The van der Waals surface area contributed by atoms with Gasteiger partial charge in [-0.1, -0.05) is 29.8 Å². The van der Waals surface area contributed by atoms with Gasteiger partial charge < -0.3 is 19.4 Å². The van der Waals surface area contributed by atoms with Crippen molar-refractivity contribution >= 4 is 34.8 Å². The van der Waals surface area contributed by atoms with Crippen molar-refractivity contribution in [2.45, 2.75) is 19.4 Å². The van der Waals surface area contributed by atoms with Crippen LogP contribution in [0, 0.1) is 0 Å². The number of anilines is 2. The summed E-state index contributed by atoms with van der Waals surface area (Å²) < 4.78 is 5.46. The lowest BCUT2D eigenvalue weighted by atomic mass is 10.1. The van der Waals surface area contributed by atoms with E-state index >= 15 is 0 Å². The molecule has 0 aromatic heterocycles. The second-order valence-corrected chi connectivity index (χ2v) is 8.11. The lowest BCUT2D eigenvalue weighted by molar-refractivity contribution is -0.117. The molecule has 0 bridgehead atoms. The number of nitrogens with zero attached hydrogens (tertiary/aromatic N) is 3. The number of halogens is 1. The Hall–Kier alpha value is -2.57. The molecule has 2 aromatic carbocycles. The highest BCUT2D eigenvalue weighted by Crippen LogP contribution is 2.31. The third kappa shape index (κ3) is 4.30. The minimum atomic E-state index is -0.101. The van der Waals surface area contributed by atoms with Gasteiger partial charge in [0.2, 0.25) is 5.91 Å². The molecule has 0 atom stereocenters. The van der Waals surface area contributed by atoms with Crippen molar-refractivity contribution < 1.29 is 14.3 Å². The number of ether oxygens (including phenoxy) is 1. The average molecular weight is 428 g/mol. The minimum absolute atomic E-state index is 0.0503. The second-order valence-electron chi connectivity index (χ2n) is 7.70. The van der Waals surface area contributed by atoms with Gasteiger partial charge in [0.05, 0.1) is 23.9 Å². The van der Waals surface area contributed by atoms with Gasteiger partial charge in [-0.3, -0.25) is 9.59 Å². The van der Waals surface area contributed by atoms with E-state index < -0.39 is 0 Å². The Balaban J connectivity index is 1.53. The highest BCUT2D eigenvalue weighted by atomic mass is 35.5. The molecule has 6 nitrogen and oxygen atoms in total. The highest BCUT2D eigenvalue weighted by molar-refractivity contribution is 6.34. The molecule has 2 fully saturated rings. The molecule has 2 saturated heterocycles. The molecule has 0 aliphatic carbocycles. The molecule has 2 aliphatic rings. The first-order valence-corrected chi connectivity index (χ1v) is 10.7. The number of hydrogen-bond acceptors (Lipinski definition) is 4. The van der Waals surface area contributed by atoms with Gasteiger partial charge in [0, 0.05) is 50.9 Å². The van der Waals surface area contributed by atoms with Gasteiger partial charge in [0.15, 0.2) is 0 Å². The minimum Gasteiger partial charge on any atom is -0.378 e. The Morgan fingerprint density at radius 1 is 1.10 bits per heavy atom. The zero-order valence-corrected chi connectivity index (χ0v) is 17.9. The normalized spacial score (nSPS) is 16.8. The standard InChI is InChI=1S/C23H26ClN3O3/c1-25(16-18-5-2-3-6-20(18)26-11-13-30-14-12-26)23(29)17-8-9-19(24)21(15-17)27-10-4-7-22(27)28/h2-3,5-6,8-9,15H,4,7,10-14,16H2,1H3. The van der Waals surface area contributed by atoms with E-state index in [-0.39, 0.29) is 11.8 Å². The Morgan fingerprint density at radius 3 is 2.60 bits per heavy atom. The van der Waals surface area contributed by atoms with Crippen LogP contribution in [0.1, 0.15) is 28.8 Å². The van der Waals surface area contributed by atoms with Crippen molar-refractivity contribution in [3.8, 4) is 0 Å². The summed E-state index contributed by atoms with van der Waals surface area (Å²) in [5, 5.41) is 0.488. The molecule has 4 rings (SSSR count). The van der Waals surface area contributed by atoms with E-state index in [1.165, 1.54) is 0 Å². The number of amides is 2. The summed E-state index contributed by atoms with van der Waals surface area (Å²) in [5.41, 5.74) is 3.38. The monoisotopic (exact) mass is 427 g/mol. The molecular weight excluding hydrogens is 402 g/mol. The molecule has 0 radical (unpaired) electrons. The number of morpholine rings is 1. The summed E-state index contributed by atoms with van der Waals surface area (Å²) in [7, 11) is 1.80. The topological polar surface area (TPSA) is 53.1 Å². The SMILES string of the molecule is CN(Cc1ccccc1N1CCOCC1)C(=O)c1ccc(Cl)c(N2CCCC2=O)c1. The maximum atomic E-state index is 13.1. The quantitative estimate of drug-likeness (QED) is 0.732. The number of hydrogen-bond donors (Lipinski definition) is 0. The number of rotatable bonds is 5. The van der Waals surface area contributed by atoms with Crippen LogP contribution in [0.5, 0.6) is 0 Å². The third-order valence-corrected chi connectivity index (χ3v) is 5.97. The van der Waals surface area contributed by atoms with Crippen LogP contribution in [-0.4, -0.2) is 56.6 Å². The van der Waals surface area contributed by atoms with Crippen molar-refractivity contribution in [1.82, 2.24) is 4.90 Å². The van der Waals surface area contributed by atoms with E-state index in [1.807, 2.05) is 12.1 Å². The zero-order valence-electron chi connectivity index (χ0n) is 17.1. The first kappa shape index (κ1) is 20.7. The van der Waals surface area contributed by atoms with E-state index in [0.29, 0.717) is 49.0 Å². The van der Waals surface area contributed by atoms with Gasteiger partial charge in [-0.25, -0.2) is 0 Å². The molecule has 0 saturated carbocycles. The van der Waals surface area contributed by atoms with E-state index in [9.17, 15) is 9.59 Å². The second kappa shape index (κ2) is 9.06. The number of carbonyl (C=O) groups excluding carboxylic acids is 2. The molecular formula is C23H26ClN3O3. The average Bonchev–Trinajstić information content (AvgIpc) is 3.20. The van der Waals surface area contributed by atoms with Gasteiger partial charge >= 0.3 is 0 Å². The largest absolute Gasteiger partial charge is 0.378 e. The van der Waals surface area contributed by atoms with Crippen LogP contribution in [-0.2, 0) is 16.1 Å². The fourth-order valence-electron chi connectivity index (χ4n) is 4.06. The predicted octanol–water partition coefficient (Wildman–Crippen LogP) is 3.58. The molecule has 2 aromatic rings. The van der Waals surface area contributed by atoms with Gasteiger partial charge in [-0.05, 0) is 36.2 Å². The van der Waals surface area contributed by atoms with Crippen molar-refractivity contribution in [3.05, 3.63) is 58.6 Å². The van der Waals surface area contributed by atoms with Crippen molar-refractivity contribution in [3.63, 3.8) is 0 Å². The first-order valence-electron chi connectivity index (χ1n) is 10.3. The number of carbonyl (C=O) groups is 2. The summed E-state index contributed by atoms with van der Waals surface area (Å²) in [6.45, 7) is 4.25. The van der Waals surface area contributed by atoms with E-state index in [4.69, 9.17) is 16.3 Å². The Labute approximate surface area is 182 Å². The van der Waals surface area contributed by atoms with Gasteiger partial charge in [0.25, 0.3) is 5.91 Å². The van der Waals surface area contributed by atoms with Crippen molar-refractivity contribution in [2.24, 2.45) is 0 Å². The van der Waals surface area contributed by atoms with Crippen LogP contribution in [0.4, 0.5) is 11.4 Å². The zero-order chi connectivity index (χ0) is 21.1. The van der Waals surface area contributed by atoms with E-state index in [1.54, 1.807) is 35.0 Å². The molecule has 30 heavy (non-hydrogen) atoms. The Kier molecular flexibility index (Phi) is 6.25. The lowest BCUT2D eigenvalue weighted by Crippen LogP contribution is -2.37. The maximum absolute atomic E-state index is 13.1. The number of para-hydroxylation sites is 1. The van der Waals surface area contributed by atoms with Gasteiger partial charge in [-0.2, -0.15) is 0 Å². The highest BCUT2D eigenvalue weighted by Gasteiger charge is 2.25. The molecule has 158 valence electrons. The summed E-state index contributed by atoms with van der Waals surface area (Å²) in [6.07, 6.45) is 1.33. The lowest BCUT2D eigenvalue weighted by Gasteiger charge is -2.31. The fraction of sp³-hybridized carbons (Fsp3) is 0.391. The van der Waals surface area contributed by atoms with Crippen LogP contribution >= 0.6 is 11.6 Å². The molecule has 2 amide bonds. The number of benzene rings is 2. The molecule has 2 heterocycles. The maximum Gasteiger partial charge on any atom is 0.253 e. The third-order valence-electron chi connectivity index (χ3n) is 5.65. The van der Waals surface area contributed by atoms with Crippen molar-refractivity contribution in [1.29, 1.82) is 0 Å². The Morgan fingerprint density at radius 2 is 1.87 bits per heavy atom. The van der Waals surface area contributed by atoms with Crippen LogP contribution in [0.25, 0.3) is 0 Å². The summed E-state index contributed by atoms with van der Waals surface area (Å²) in [4.78, 5) is 31.0. The van der Waals surface area contributed by atoms with E-state index in [2.05, 4.69) is 17.0 Å². The fourth-order valence-corrected chi connectivity index (χ4v) is 4.28. The van der Waals surface area contributed by atoms with Crippen LogP contribution in [0.2, 0.25) is 5.02 Å². The Bertz CT molecular complexity index is 943. The summed E-state index contributed by atoms with van der Waals surface area (Å²) >= 11 is 6.33. The summed E-state index contributed by atoms with van der Waals surface area (Å²) in [6, 6.07) is 13.3. The molecule has 0 N–H and O–H groups in total. The summed E-state index contributed by atoms with van der Waals surface area (Å²) in [5.74, 6) is -0.0503. The molecule has 2 aliphatic heterocycles. The van der Waals surface area contributed by atoms with E-state index in [0.717, 1.165) is 30.8 Å². The molecule has 0 unspecified atom stereocenters. The van der Waals surface area contributed by atoms with Crippen LogP contribution in [0.15, 0.2) is 42.5 Å². The van der Waals surface area contributed by atoms with Gasteiger partial charge in [-0.15, -0.1) is 0 Å². The van der Waals surface area contributed by atoms with Crippen LogP contribution in [0.3, 0.4) is 0 Å².